The van der Waals surface area contributed by atoms with Crippen molar-refractivity contribution in [1.29, 1.82) is 0 Å². The zero-order valence-electron chi connectivity index (χ0n) is 57.9. The molecule has 6 nitrogen and oxygen atoms in total. The third-order valence-electron chi connectivity index (χ3n) is 25.8. The van der Waals surface area contributed by atoms with Crippen molar-refractivity contribution < 1.29 is 0 Å². The quantitative estimate of drug-likeness (QED) is 0.151. The zero-order valence-corrected chi connectivity index (χ0v) is 57.9. The van der Waals surface area contributed by atoms with E-state index < -0.39 is 0 Å². The molecule has 3 aromatic heterocycles. The van der Waals surface area contributed by atoms with E-state index in [2.05, 4.69) is 255 Å². The number of para-hydroxylation sites is 3. The molecule has 105 heavy (non-hydrogen) atoms. The Kier molecular flexibility index (Phi) is 11.5. The number of hydrogen-bond donors (Lipinski definition) is 0. The molecule has 0 unspecified atom stereocenters. The van der Waals surface area contributed by atoms with Crippen LogP contribution in [0.1, 0.15) is 134 Å². The smallest absolute Gasteiger partial charge is 0.141 e. The van der Waals surface area contributed by atoms with E-state index in [-0.39, 0.29) is 0 Å². The number of anilines is 9. The second-order valence-electron chi connectivity index (χ2n) is 31.0. The molecule has 6 aliphatic heterocycles. The molecule has 0 atom stereocenters. The fourth-order valence-electron chi connectivity index (χ4n) is 21.6. The molecular weight excluding hydrogens is 1270 g/mol. The Morgan fingerprint density at radius 3 is 1.03 bits per heavy atom. The molecule has 0 fully saturated rings. The lowest BCUT2D eigenvalue weighted by atomic mass is 9.84. The average Bonchev–Trinajstić information content (AvgIpc) is 1.63. The van der Waals surface area contributed by atoms with Crippen LogP contribution in [0.3, 0.4) is 0 Å². The molecule has 12 aliphatic rings. The van der Waals surface area contributed by atoms with Crippen LogP contribution in [-0.4, -0.2) is 15.0 Å². The van der Waals surface area contributed by atoms with Crippen molar-refractivity contribution >= 4 is 51.3 Å². The Morgan fingerprint density at radius 2 is 0.533 bits per heavy atom. The zero-order chi connectivity index (χ0) is 68.0. The predicted octanol–water partition coefficient (Wildman–Crippen LogP) is 22.5. The van der Waals surface area contributed by atoms with Crippen molar-refractivity contribution in [2.75, 3.05) is 14.7 Å². The minimum absolute atomic E-state index is 0.956. The number of fused-ring (bicyclic) bond motifs is 36. The first-order valence-corrected chi connectivity index (χ1v) is 37.7. The second kappa shape index (κ2) is 21.1. The van der Waals surface area contributed by atoms with Crippen molar-refractivity contribution in [2.45, 2.75) is 77.0 Å². The van der Waals surface area contributed by atoms with Gasteiger partial charge in [-0.1, -0.05) is 188 Å². The number of rotatable bonds is 0. The summed E-state index contributed by atoms with van der Waals surface area (Å²) in [5.74, 6) is 1.09. The number of nitrogens with zero attached hydrogens (tertiary/aromatic N) is 6. The van der Waals surface area contributed by atoms with Crippen LogP contribution in [0.15, 0.2) is 255 Å². The Bertz CT molecular complexity index is 5900. The maximum absolute atomic E-state index is 4.88. The highest BCUT2D eigenvalue weighted by molar-refractivity contribution is 6.01. The van der Waals surface area contributed by atoms with Crippen LogP contribution >= 0.6 is 0 Å². The Hall–Kier alpha value is -12.5. The molecule has 9 heterocycles. The molecule has 0 radical (unpaired) electrons. The number of hydrogen-bond acceptors (Lipinski definition) is 6. The first-order chi connectivity index (χ1) is 52.0. The largest absolute Gasteiger partial charge is 0.309 e. The molecule has 0 spiro atoms. The van der Waals surface area contributed by atoms with Crippen LogP contribution in [-0.2, 0) is 77.0 Å². The van der Waals surface area contributed by atoms with Crippen molar-refractivity contribution in [3.8, 4) is 66.8 Å². The summed E-state index contributed by atoms with van der Waals surface area (Å²) in [5, 5.41) is 0. The van der Waals surface area contributed by atoms with Gasteiger partial charge >= 0.3 is 0 Å². The van der Waals surface area contributed by atoms with Gasteiger partial charge in [-0.15, -0.1) is 0 Å². The van der Waals surface area contributed by atoms with Gasteiger partial charge in [0, 0.05) is 63.3 Å². The summed E-state index contributed by atoms with van der Waals surface area (Å²) in [7, 11) is 0. The van der Waals surface area contributed by atoms with Gasteiger partial charge in [0.05, 0.1) is 51.7 Å². The average molecular weight is 1340 g/mol. The second-order valence-corrected chi connectivity index (χ2v) is 31.0. The summed E-state index contributed by atoms with van der Waals surface area (Å²) in [4.78, 5) is 21.3. The third-order valence-corrected chi connectivity index (χ3v) is 25.8. The van der Waals surface area contributed by atoms with E-state index in [9.17, 15) is 0 Å². The highest BCUT2D eigenvalue weighted by Gasteiger charge is 2.42. The number of pyridine rings is 3. The van der Waals surface area contributed by atoms with Crippen LogP contribution < -0.4 is 14.7 Å². The minimum Gasteiger partial charge on any atom is -0.309 e. The van der Waals surface area contributed by atoms with Crippen LogP contribution in [0.25, 0.3) is 66.8 Å². The van der Waals surface area contributed by atoms with E-state index in [1.54, 1.807) is 0 Å². The van der Waals surface area contributed by atoms with Crippen LogP contribution in [0, 0.1) is 0 Å². The van der Waals surface area contributed by atoms with Gasteiger partial charge in [-0.05, 0) is 275 Å². The van der Waals surface area contributed by atoms with E-state index in [1.807, 2.05) is 24.8 Å². The lowest BCUT2D eigenvalue weighted by Gasteiger charge is -2.40. The fraction of sp³-hybridized carbons (Fsp3) is 0.121. The predicted molar refractivity (Wildman–Crippen MR) is 423 cm³/mol. The summed E-state index contributed by atoms with van der Waals surface area (Å²) < 4.78 is 0. The molecule has 6 aliphatic carbocycles. The van der Waals surface area contributed by atoms with Gasteiger partial charge in [-0.3, -0.25) is 14.9 Å². The van der Waals surface area contributed by atoms with Crippen LogP contribution in [0.4, 0.5) is 51.3 Å². The van der Waals surface area contributed by atoms with Crippen LogP contribution in [0.5, 0.6) is 0 Å². The number of aromatic nitrogens is 3. The first kappa shape index (κ1) is 57.1. The molecule has 0 saturated carbocycles. The van der Waals surface area contributed by atoms with Gasteiger partial charge in [-0.2, -0.15) is 0 Å². The summed E-state index contributed by atoms with van der Waals surface area (Å²) >= 11 is 0. The van der Waals surface area contributed by atoms with Crippen molar-refractivity contribution in [1.82, 2.24) is 15.0 Å². The molecule has 27 rings (SSSR count). The summed E-state index contributed by atoms with van der Waals surface area (Å²) in [6.45, 7) is 0. The van der Waals surface area contributed by atoms with E-state index in [1.165, 1.54) is 246 Å². The summed E-state index contributed by atoms with van der Waals surface area (Å²) in [6, 6.07) is 84.8. The topological polar surface area (TPSA) is 48.4 Å². The minimum atomic E-state index is 0.956. The lowest BCUT2D eigenvalue weighted by Crippen LogP contribution is -2.25. The fourth-order valence-corrected chi connectivity index (χ4v) is 21.6. The van der Waals surface area contributed by atoms with E-state index in [0.717, 1.165) is 82.9 Å². The molecule has 0 N–H and O–H groups in total. The van der Waals surface area contributed by atoms with Crippen molar-refractivity contribution in [3.63, 3.8) is 0 Å². The van der Waals surface area contributed by atoms with Gasteiger partial charge in [0.1, 0.15) is 5.82 Å². The van der Waals surface area contributed by atoms with E-state index in [4.69, 9.17) is 4.98 Å². The third kappa shape index (κ3) is 7.85. The molecular formula is C99H66N6. The summed E-state index contributed by atoms with van der Waals surface area (Å²) in [6.07, 6.45) is 22.0. The lowest BCUT2D eigenvalue weighted by molar-refractivity contribution is 0.981. The molecule has 0 saturated heterocycles. The SMILES string of the molecule is c1ccc2c(c1)Cc1ccc3c(c1-2)Cc1ccc2c(c1-3)Cc1cccc3c1N2c1ccncc1C3.c1ccc2c(c1)Cc1ccc3c(c1-2)Cc1ccc2c(c1-3)Cc1cccc3c1N2c1cnccc1C3.c1ccc2c(c1)Cc1ccc3c(c1-2)Cc1ccc2c(c1-3)Cc1cccc3c1N2c1ncccc1C3. The van der Waals surface area contributed by atoms with Gasteiger partial charge in [0.25, 0.3) is 0 Å². The molecule has 12 aromatic carbocycles. The van der Waals surface area contributed by atoms with Crippen molar-refractivity contribution in [2.24, 2.45) is 0 Å². The first-order valence-electron chi connectivity index (χ1n) is 37.7. The Morgan fingerprint density at radius 1 is 0.190 bits per heavy atom. The maximum atomic E-state index is 4.88. The molecule has 0 bridgehead atoms. The Balaban J connectivity index is 0.0000000914. The van der Waals surface area contributed by atoms with Gasteiger partial charge in [0.2, 0.25) is 0 Å². The Labute approximate surface area is 609 Å². The highest BCUT2D eigenvalue weighted by Crippen LogP contribution is 2.61. The highest BCUT2D eigenvalue weighted by atomic mass is 15.2. The maximum Gasteiger partial charge on any atom is 0.141 e. The van der Waals surface area contributed by atoms with Gasteiger partial charge < -0.3 is 9.80 Å². The van der Waals surface area contributed by atoms with E-state index >= 15 is 0 Å². The molecule has 15 aromatic rings. The molecule has 0 amide bonds. The monoisotopic (exact) mass is 1340 g/mol. The normalized spacial score (nSPS) is 14.9. The molecule has 492 valence electrons. The number of benzene rings is 12. The van der Waals surface area contributed by atoms with Gasteiger partial charge in [0.15, 0.2) is 0 Å². The van der Waals surface area contributed by atoms with Crippen molar-refractivity contribution in [3.05, 3.63) is 389 Å². The standard InChI is InChI=1S/3C33H22N2/c1-2-9-25-19(5-1)15-20-10-12-26-27(30(20)25)17-21-11-13-29-28(31(21)26)18-23-7-3-6-22-16-24-8-4-14-34-33(24)35(29)32(22)23;1-2-7-25-19(4-1)14-21-8-10-26-27(31(21)25)16-22-9-11-29-28(32(22)26)17-24-6-3-5-23-15-20-12-13-34-18-30(20)35(29)33(23)24;1-2-7-25-19(4-1)14-20-8-10-26-27(31(20)25)16-21-9-11-30-28(32(21)26)17-23-6-3-5-22-15-24-18-34-13-12-29(24)35(30)33(22)23/h1-14H,15-18H2;2*1-13,18H,14-17H2. The van der Waals surface area contributed by atoms with Crippen LogP contribution in [0.2, 0.25) is 0 Å². The summed E-state index contributed by atoms with van der Waals surface area (Å²) in [5.41, 5.74) is 62.8. The molecule has 6 heteroatoms. The van der Waals surface area contributed by atoms with Gasteiger partial charge in [-0.25, -0.2) is 4.98 Å². The van der Waals surface area contributed by atoms with E-state index in [0.29, 0.717) is 0 Å².